The molecule has 120 valence electrons. The number of fused-ring (bicyclic) bond motifs is 2. The molecule has 2 aromatic carbocycles. The van der Waals surface area contributed by atoms with E-state index in [9.17, 15) is 9.82 Å². The normalized spacial score (nSPS) is 13.2. The first-order chi connectivity index (χ1) is 11.6. The topological polar surface area (TPSA) is 70.6 Å². The highest BCUT2D eigenvalue weighted by Crippen LogP contribution is 2.34. The van der Waals surface area contributed by atoms with E-state index in [0.717, 1.165) is 26.2 Å². The number of rotatable bonds is 2. The molecule has 0 aliphatic carbocycles. The van der Waals surface area contributed by atoms with Gasteiger partial charge in [-0.2, -0.15) is 0 Å². The number of aryl methyl sites for hydroxylation is 1. The van der Waals surface area contributed by atoms with Gasteiger partial charge in [-0.15, -0.1) is 11.3 Å². The van der Waals surface area contributed by atoms with Crippen LogP contribution in [0, 0.1) is 6.92 Å². The van der Waals surface area contributed by atoms with E-state index >= 15 is 0 Å². The summed E-state index contributed by atoms with van der Waals surface area (Å²) in [5, 5.41) is 17.4. The monoisotopic (exact) mass is 338 g/mol. The molecule has 0 saturated heterocycles. The molecule has 0 spiro atoms. The fourth-order valence-corrected chi connectivity index (χ4v) is 3.96. The third kappa shape index (κ3) is 2.67. The molecule has 4 rings (SSSR count). The van der Waals surface area contributed by atoms with Gasteiger partial charge in [-0.25, -0.2) is 4.79 Å². The van der Waals surface area contributed by atoms with Gasteiger partial charge in [-0.05, 0) is 47.1 Å². The van der Waals surface area contributed by atoms with Crippen molar-refractivity contribution in [2.24, 2.45) is 0 Å². The second-order valence-corrected chi connectivity index (χ2v) is 6.76. The van der Waals surface area contributed by atoms with Crippen LogP contribution in [0.15, 0.2) is 42.5 Å². The van der Waals surface area contributed by atoms with E-state index in [1.807, 2.05) is 37.3 Å². The van der Waals surface area contributed by atoms with E-state index in [2.05, 4.69) is 10.6 Å². The summed E-state index contributed by atoms with van der Waals surface area (Å²) < 4.78 is 6.30. The maximum atomic E-state index is 12.3. The highest BCUT2D eigenvalue weighted by molar-refractivity contribution is 7.23. The summed E-state index contributed by atoms with van der Waals surface area (Å²) in [6.45, 7) is 2.39. The van der Waals surface area contributed by atoms with Crippen molar-refractivity contribution in [2.45, 2.75) is 13.5 Å². The lowest BCUT2D eigenvalue weighted by molar-refractivity contribution is 0.262. The Balaban J connectivity index is 1.52. The first kappa shape index (κ1) is 15.2. The van der Waals surface area contributed by atoms with Crippen molar-refractivity contribution < 1.29 is 14.5 Å². The Morgan fingerprint density at radius 2 is 2.08 bits per heavy atom. The van der Waals surface area contributed by atoms with Crippen molar-refractivity contribution in [3.05, 3.63) is 53.6 Å². The number of nitrogens with one attached hydrogen (secondary N) is 2. The first-order valence-corrected chi connectivity index (χ1v) is 8.42. The number of carbonyl (C=O) groups excluding carboxylic acids is 1. The zero-order valence-electron chi connectivity index (χ0n) is 13.0. The number of amides is 2. The number of urea groups is 1. The van der Waals surface area contributed by atoms with Crippen molar-refractivity contribution >= 4 is 50.7 Å². The number of hydrogen-bond donors (Lipinski definition) is 3. The van der Waals surface area contributed by atoms with Gasteiger partial charge in [-0.3, -0.25) is 5.32 Å². The Morgan fingerprint density at radius 3 is 2.92 bits per heavy atom. The largest absolute Gasteiger partial charge is 0.491 e. The SMILES string of the molecule is Cc1c(NC(=O)Nc2ccc3c(c2)B(O)OC3)sc2ccccc12. The van der Waals surface area contributed by atoms with Gasteiger partial charge >= 0.3 is 13.1 Å². The predicted octanol–water partition coefficient (Wildman–Crippen LogP) is 3.07. The molecular weight excluding hydrogens is 323 g/mol. The van der Waals surface area contributed by atoms with Crippen LogP contribution < -0.4 is 16.1 Å². The van der Waals surface area contributed by atoms with Crippen LogP contribution in [-0.4, -0.2) is 18.2 Å². The molecule has 0 saturated carbocycles. The fraction of sp³-hybridized carbons (Fsp3) is 0.118. The summed E-state index contributed by atoms with van der Waals surface area (Å²) in [5.74, 6) is 0. The second-order valence-electron chi connectivity index (χ2n) is 5.71. The van der Waals surface area contributed by atoms with E-state index in [0.29, 0.717) is 17.8 Å². The number of anilines is 2. The van der Waals surface area contributed by atoms with Crippen molar-refractivity contribution in [3.63, 3.8) is 0 Å². The zero-order chi connectivity index (χ0) is 16.7. The lowest BCUT2D eigenvalue weighted by atomic mass is 9.79. The summed E-state index contributed by atoms with van der Waals surface area (Å²) in [6, 6.07) is 13.2. The summed E-state index contributed by atoms with van der Waals surface area (Å²) in [6.07, 6.45) is 0. The van der Waals surface area contributed by atoms with Crippen molar-refractivity contribution in [2.75, 3.05) is 10.6 Å². The van der Waals surface area contributed by atoms with Gasteiger partial charge in [0.05, 0.1) is 6.61 Å². The lowest BCUT2D eigenvalue weighted by Crippen LogP contribution is -2.29. The number of hydrogen-bond acceptors (Lipinski definition) is 4. The molecule has 0 radical (unpaired) electrons. The highest BCUT2D eigenvalue weighted by atomic mass is 32.1. The Hall–Kier alpha value is -2.35. The lowest BCUT2D eigenvalue weighted by Gasteiger charge is -2.08. The molecule has 5 nitrogen and oxygen atoms in total. The molecule has 0 atom stereocenters. The third-order valence-electron chi connectivity index (χ3n) is 4.14. The van der Waals surface area contributed by atoms with Crippen LogP contribution in [0.3, 0.4) is 0 Å². The molecule has 24 heavy (non-hydrogen) atoms. The van der Waals surface area contributed by atoms with Crippen molar-refractivity contribution in [3.8, 4) is 0 Å². The molecule has 3 aromatic rings. The van der Waals surface area contributed by atoms with Crippen LogP contribution in [-0.2, 0) is 11.3 Å². The van der Waals surface area contributed by atoms with Crippen LogP contribution in [0.5, 0.6) is 0 Å². The van der Waals surface area contributed by atoms with Crippen LogP contribution in [0.4, 0.5) is 15.5 Å². The van der Waals surface area contributed by atoms with Crippen LogP contribution >= 0.6 is 11.3 Å². The van der Waals surface area contributed by atoms with Gasteiger partial charge in [0.2, 0.25) is 0 Å². The quantitative estimate of drug-likeness (QED) is 0.629. The fourth-order valence-electron chi connectivity index (χ4n) is 2.85. The Labute approximate surface area is 143 Å². The third-order valence-corrected chi connectivity index (χ3v) is 5.33. The average Bonchev–Trinajstić information content (AvgIpc) is 3.09. The molecule has 0 bridgehead atoms. The van der Waals surface area contributed by atoms with E-state index in [1.165, 1.54) is 0 Å². The molecule has 0 unspecified atom stereocenters. The second kappa shape index (κ2) is 5.94. The van der Waals surface area contributed by atoms with Gasteiger partial charge in [-0.1, -0.05) is 24.3 Å². The van der Waals surface area contributed by atoms with Gasteiger partial charge in [0.15, 0.2) is 0 Å². The minimum Gasteiger partial charge on any atom is -0.423 e. The van der Waals surface area contributed by atoms with E-state index in [4.69, 9.17) is 4.65 Å². The van der Waals surface area contributed by atoms with Gasteiger partial charge in [0, 0.05) is 10.4 Å². The minimum atomic E-state index is -0.922. The summed E-state index contributed by atoms with van der Waals surface area (Å²) in [7, 11) is -0.922. The van der Waals surface area contributed by atoms with Gasteiger partial charge in [0.1, 0.15) is 5.00 Å². The summed E-state index contributed by atoms with van der Waals surface area (Å²) in [4.78, 5) is 12.3. The van der Waals surface area contributed by atoms with Crippen LogP contribution in [0.25, 0.3) is 10.1 Å². The Kier molecular flexibility index (Phi) is 3.76. The molecule has 0 fully saturated rings. The number of carbonyl (C=O) groups is 1. The van der Waals surface area contributed by atoms with E-state index in [1.54, 1.807) is 23.5 Å². The van der Waals surface area contributed by atoms with Crippen LogP contribution in [0.2, 0.25) is 0 Å². The predicted molar refractivity (Wildman–Crippen MR) is 98.0 cm³/mol. The molecule has 2 amide bonds. The smallest absolute Gasteiger partial charge is 0.423 e. The van der Waals surface area contributed by atoms with Crippen molar-refractivity contribution in [1.82, 2.24) is 0 Å². The molecular formula is C17H15BN2O3S. The molecule has 7 heteroatoms. The molecule has 1 aliphatic heterocycles. The van der Waals surface area contributed by atoms with Gasteiger partial charge in [0.25, 0.3) is 0 Å². The zero-order valence-corrected chi connectivity index (χ0v) is 13.8. The Morgan fingerprint density at radius 1 is 1.25 bits per heavy atom. The standard InChI is InChI=1S/C17H15BN2O3S/c1-10-13-4-2-3-5-15(13)24-16(10)20-17(21)19-12-7-6-11-9-23-18(22)14(11)8-12/h2-8,22H,9H2,1H3,(H2,19,20,21). The Bertz CT molecular complexity index is 941. The molecule has 1 aliphatic rings. The van der Waals surface area contributed by atoms with E-state index < -0.39 is 7.12 Å². The number of thiophene rings is 1. The maximum Gasteiger partial charge on any atom is 0.491 e. The number of benzene rings is 2. The molecule has 3 N–H and O–H groups in total. The molecule has 2 heterocycles. The first-order valence-electron chi connectivity index (χ1n) is 7.60. The van der Waals surface area contributed by atoms with Crippen molar-refractivity contribution in [1.29, 1.82) is 0 Å². The summed E-state index contributed by atoms with van der Waals surface area (Å²) >= 11 is 1.55. The van der Waals surface area contributed by atoms with Gasteiger partial charge < -0.3 is 15.0 Å². The highest BCUT2D eigenvalue weighted by Gasteiger charge is 2.27. The maximum absolute atomic E-state index is 12.3. The minimum absolute atomic E-state index is 0.307. The summed E-state index contributed by atoms with van der Waals surface area (Å²) in [5.41, 5.74) is 3.32. The molecule has 1 aromatic heterocycles. The van der Waals surface area contributed by atoms with Crippen LogP contribution in [0.1, 0.15) is 11.1 Å². The average molecular weight is 338 g/mol. The van der Waals surface area contributed by atoms with E-state index in [-0.39, 0.29) is 6.03 Å².